The molecule has 6 heteroatoms. The second-order valence-corrected chi connectivity index (χ2v) is 4.34. The van der Waals surface area contributed by atoms with Gasteiger partial charge in [0, 0.05) is 12.6 Å². The van der Waals surface area contributed by atoms with Gasteiger partial charge in [-0.15, -0.1) is 0 Å². The molecule has 0 saturated carbocycles. The predicted octanol–water partition coefficient (Wildman–Crippen LogP) is 0.243. The molecule has 0 aromatic heterocycles. The van der Waals surface area contributed by atoms with Crippen LogP contribution in [0.5, 0.6) is 0 Å². The molecule has 3 N–H and O–H groups in total. The molecule has 17 heavy (non-hydrogen) atoms. The summed E-state index contributed by atoms with van der Waals surface area (Å²) < 4.78 is 0. The van der Waals surface area contributed by atoms with Crippen molar-refractivity contribution in [3.05, 3.63) is 0 Å². The molecular weight excluding hydrogens is 222 g/mol. The topological polar surface area (TPSA) is 81.7 Å². The quantitative estimate of drug-likeness (QED) is 0.646. The number of nitrogens with one attached hydrogen (secondary N) is 2. The van der Waals surface area contributed by atoms with Crippen LogP contribution in [0.2, 0.25) is 0 Å². The van der Waals surface area contributed by atoms with Crippen LogP contribution in [-0.4, -0.2) is 53.7 Å². The van der Waals surface area contributed by atoms with Crippen molar-refractivity contribution in [1.82, 2.24) is 15.5 Å². The molecule has 0 spiro atoms. The molecule has 6 nitrogen and oxygen atoms in total. The Balaban J connectivity index is 2.26. The van der Waals surface area contributed by atoms with Crippen molar-refractivity contribution in [3.63, 3.8) is 0 Å². The average molecular weight is 243 g/mol. The highest BCUT2D eigenvalue weighted by molar-refractivity contribution is 5.82. The Hall–Kier alpha value is -1.30. The zero-order valence-corrected chi connectivity index (χ0v) is 10.4. The zero-order chi connectivity index (χ0) is 12.8. The third kappa shape index (κ3) is 4.22. The van der Waals surface area contributed by atoms with Gasteiger partial charge >= 0.3 is 12.0 Å². The summed E-state index contributed by atoms with van der Waals surface area (Å²) in [5.41, 5.74) is 0. The second-order valence-electron chi connectivity index (χ2n) is 4.34. The number of nitrogens with zero attached hydrogens (tertiary/aromatic N) is 1. The first-order valence-electron chi connectivity index (χ1n) is 6.05. The van der Waals surface area contributed by atoms with Crippen LogP contribution >= 0.6 is 0 Å². The van der Waals surface area contributed by atoms with Crippen molar-refractivity contribution < 1.29 is 14.7 Å². The lowest BCUT2D eigenvalue weighted by atomic mass is 10.2. The summed E-state index contributed by atoms with van der Waals surface area (Å²) in [6, 6.07) is -0.894. The number of likely N-dealkylation sites (tertiary alicyclic amines) is 1. The van der Waals surface area contributed by atoms with E-state index in [2.05, 4.69) is 22.5 Å². The van der Waals surface area contributed by atoms with Gasteiger partial charge in [0.05, 0.1) is 0 Å². The molecule has 1 unspecified atom stereocenters. The molecule has 1 aliphatic heterocycles. The highest BCUT2D eigenvalue weighted by Crippen LogP contribution is 2.15. The van der Waals surface area contributed by atoms with Gasteiger partial charge in [-0.3, -0.25) is 9.69 Å². The normalized spacial score (nSPS) is 22.1. The second kappa shape index (κ2) is 6.44. The number of carbonyl (C=O) groups excluding carboxylic acids is 1. The summed E-state index contributed by atoms with van der Waals surface area (Å²) >= 11 is 0. The molecule has 0 radical (unpaired) electrons. The number of rotatable bonds is 5. The molecule has 0 aromatic carbocycles. The summed E-state index contributed by atoms with van der Waals surface area (Å²) in [6.45, 7) is 6.18. The molecule has 98 valence electrons. The van der Waals surface area contributed by atoms with Crippen LogP contribution in [0.4, 0.5) is 4.79 Å². The van der Waals surface area contributed by atoms with Crippen molar-refractivity contribution in [3.8, 4) is 0 Å². The average Bonchev–Trinajstić information content (AvgIpc) is 2.73. The van der Waals surface area contributed by atoms with Crippen molar-refractivity contribution in [2.75, 3.05) is 19.6 Å². The molecule has 0 aromatic rings. The van der Waals surface area contributed by atoms with Crippen LogP contribution in [0, 0.1) is 0 Å². The number of carbonyl (C=O) groups is 2. The van der Waals surface area contributed by atoms with Gasteiger partial charge in [0.25, 0.3) is 0 Å². The smallest absolute Gasteiger partial charge is 0.325 e. The number of carboxylic acids is 1. The fourth-order valence-corrected chi connectivity index (χ4v) is 2.06. The van der Waals surface area contributed by atoms with E-state index in [0.717, 1.165) is 25.9 Å². The third-order valence-corrected chi connectivity index (χ3v) is 3.12. The maximum atomic E-state index is 11.4. The molecule has 0 bridgehead atoms. The van der Waals surface area contributed by atoms with Crippen LogP contribution < -0.4 is 10.6 Å². The first kappa shape index (κ1) is 13.8. The Bertz CT molecular complexity index is 283. The molecule has 1 fully saturated rings. The summed E-state index contributed by atoms with van der Waals surface area (Å²) in [5, 5.41) is 13.7. The van der Waals surface area contributed by atoms with Crippen molar-refractivity contribution in [2.45, 2.75) is 38.8 Å². The largest absolute Gasteiger partial charge is 0.480 e. The van der Waals surface area contributed by atoms with E-state index in [4.69, 9.17) is 5.11 Å². The van der Waals surface area contributed by atoms with Gasteiger partial charge in [-0.25, -0.2) is 4.79 Å². The van der Waals surface area contributed by atoms with E-state index in [0.29, 0.717) is 12.6 Å². The summed E-state index contributed by atoms with van der Waals surface area (Å²) in [6.07, 6.45) is 2.25. The zero-order valence-electron chi connectivity index (χ0n) is 10.4. The minimum atomic E-state index is -1.03. The minimum Gasteiger partial charge on any atom is -0.480 e. The van der Waals surface area contributed by atoms with Crippen LogP contribution in [0.15, 0.2) is 0 Å². The summed E-state index contributed by atoms with van der Waals surface area (Å²) in [7, 11) is 0. The summed E-state index contributed by atoms with van der Waals surface area (Å²) in [5.74, 6) is -1.03. The fourth-order valence-electron chi connectivity index (χ4n) is 2.06. The van der Waals surface area contributed by atoms with Gasteiger partial charge in [0.15, 0.2) is 0 Å². The van der Waals surface area contributed by atoms with Gasteiger partial charge in [0.1, 0.15) is 6.04 Å². The third-order valence-electron chi connectivity index (χ3n) is 3.12. The SMILES string of the molecule is CCN1CCCC1CNC(=O)N[C@H](C)C(=O)O. The van der Waals surface area contributed by atoms with Gasteiger partial charge in [-0.05, 0) is 32.9 Å². The Morgan fingerprint density at radius 3 is 2.82 bits per heavy atom. The van der Waals surface area contributed by atoms with Crippen molar-refractivity contribution in [1.29, 1.82) is 0 Å². The predicted molar refractivity (Wildman–Crippen MR) is 63.9 cm³/mol. The maximum absolute atomic E-state index is 11.4. The van der Waals surface area contributed by atoms with E-state index in [-0.39, 0.29) is 0 Å². The van der Waals surface area contributed by atoms with E-state index in [1.54, 1.807) is 0 Å². The summed E-state index contributed by atoms with van der Waals surface area (Å²) in [4.78, 5) is 24.3. The number of hydrogen-bond donors (Lipinski definition) is 3. The molecule has 1 heterocycles. The molecule has 2 amide bonds. The van der Waals surface area contributed by atoms with E-state index >= 15 is 0 Å². The van der Waals surface area contributed by atoms with Crippen molar-refractivity contribution in [2.24, 2.45) is 0 Å². The lowest BCUT2D eigenvalue weighted by molar-refractivity contribution is -0.138. The Morgan fingerprint density at radius 2 is 2.24 bits per heavy atom. The number of aliphatic carboxylic acids is 1. The Morgan fingerprint density at radius 1 is 1.53 bits per heavy atom. The van der Waals surface area contributed by atoms with Crippen molar-refractivity contribution >= 4 is 12.0 Å². The molecular formula is C11H21N3O3. The number of carboxylic acid groups (broad SMARTS) is 1. The minimum absolute atomic E-state index is 0.380. The van der Waals surface area contributed by atoms with E-state index in [9.17, 15) is 9.59 Å². The molecule has 1 aliphatic rings. The van der Waals surface area contributed by atoms with Gasteiger partial charge in [0.2, 0.25) is 0 Å². The van der Waals surface area contributed by atoms with Crippen LogP contribution in [-0.2, 0) is 4.79 Å². The van der Waals surface area contributed by atoms with E-state index in [1.807, 2.05) is 0 Å². The molecule has 1 saturated heterocycles. The number of urea groups is 1. The Labute approximate surface area is 101 Å². The van der Waals surface area contributed by atoms with Gasteiger partial charge in [-0.2, -0.15) is 0 Å². The Kier molecular flexibility index (Phi) is 5.21. The molecule has 1 rings (SSSR count). The fraction of sp³-hybridized carbons (Fsp3) is 0.818. The highest BCUT2D eigenvalue weighted by Gasteiger charge is 2.23. The van der Waals surface area contributed by atoms with Crippen LogP contribution in [0.3, 0.4) is 0 Å². The maximum Gasteiger partial charge on any atom is 0.325 e. The lowest BCUT2D eigenvalue weighted by Gasteiger charge is -2.23. The number of likely N-dealkylation sites (N-methyl/N-ethyl adjacent to an activating group) is 1. The molecule has 2 atom stereocenters. The van der Waals surface area contributed by atoms with E-state index < -0.39 is 18.0 Å². The number of amides is 2. The first-order valence-corrected chi connectivity index (χ1v) is 6.05. The van der Waals surface area contributed by atoms with Crippen LogP contribution in [0.1, 0.15) is 26.7 Å². The first-order chi connectivity index (χ1) is 8.04. The van der Waals surface area contributed by atoms with E-state index in [1.165, 1.54) is 6.92 Å². The van der Waals surface area contributed by atoms with Gasteiger partial charge in [-0.1, -0.05) is 6.92 Å². The lowest BCUT2D eigenvalue weighted by Crippen LogP contribution is -2.48. The monoisotopic (exact) mass is 243 g/mol. The highest BCUT2D eigenvalue weighted by atomic mass is 16.4. The molecule has 0 aliphatic carbocycles. The number of hydrogen-bond acceptors (Lipinski definition) is 3. The van der Waals surface area contributed by atoms with Crippen LogP contribution in [0.25, 0.3) is 0 Å². The standard InChI is InChI=1S/C11H21N3O3/c1-3-14-6-4-5-9(14)7-12-11(17)13-8(2)10(15)16/h8-9H,3-7H2,1-2H3,(H,15,16)(H2,12,13,17)/t8-,9?/m1/s1. The van der Waals surface area contributed by atoms with Gasteiger partial charge < -0.3 is 15.7 Å².